The molecule has 5 heteroatoms. The minimum atomic E-state index is -1.13. The molecule has 146 valence electrons. The van der Waals surface area contributed by atoms with Gasteiger partial charge in [0.1, 0.15) is 0 Å². The predicted molar refractivity (Wildman–Crippen MR) is 108 cm³/mol. The zero-order valence-corrected chi connectivity index (χ0v) is 15.8. The molecule has 3 aromatic rings. The minimum Gasteiger partial charge on any atom is -0.479 e. The zero-order valence-electron chi connectivity index (χ0n) is 15.8. The molecule has 4 nitrogen and oxygen atoms in total. The highest BCUT2D eigenvalue weighted by Gasteiger charge is 2.09. The van der Waals surface area contributed by atoms with Crippen molar-refractivity contribution in [2.45, 2.75) is 25.8 Å². The van der Waals surface area contributed by atoms with Gasteiger partial charge in [-0.15, -0.1) is 0 Å². The maximum atomic E-state index is 14.0. The first kappa shape index (κ1) is 19.8. The van der Waals surface area contributed by atoms with E-state index in [2.05, 4.69) is 48.6 Å². The van der Waals surface area contributed by atoms with Crippen LogP contribution in [-0.2, 0) is 11.2 Å². The Kier molecular flexibility index (Phi) is 6.61. The van der Waals surface area contributed by atoms with Gasteiger partial charge in [-0.2, -0.15) is 0 Å². The van der Waals surface area contributed by atoms with Gasteiger partial charge < -0.3 is 15.2 Å². The van der Waals surface area contributed by atoms with E-state index in [-0.39, 0.29) is 11.8 Å². The maximum Gasteiger partial charge on any atom is 0.341 e. The molecule has 2 N–H and O–H groups in total. The first-order valence-electron chi connectivity index (χ1n) is 9.38. The Hall–Kier alpha value is -2.92. The summed E-state index contributed by atoms with van der Waals surface area (Å²) < 4.78 is 18.9. The van der Waals surface area contributed by atoms with E-state index in [1.54, 1.807) is 6.07 Å². The third kappa shape index (κ3) is 5.08. The quantitative estimate of drug-likeness (QED) is 0.526. The number of rotatable bonds is 9. The van der Waals surface area contributed by atoms with Crippen LogP contribution in [0, 0.1) is 5.82 Å². The Morgan fingerprint density at radius 1 is 1.14 bits per heavy atom. The lowest BCUT2D eigenvalue weighted by molar-refractivity contribution is -0.139. The highest BCUT2D eigenvalue weighted by Crippen LogP contribution is 2.24. The van der Waals surface area contributed by atoms with Gasteiger partial charge in [0.05, 0.1) is 0 Å². The van der Waals surface area contributed by atoms with Crippen molar-refractivity contribution in [1.29, 1.82) is 0 Å². The van der Waals surface area contributed by atoms with E-state index < -0.39 is 18.4 Å². The molecule has 0 radical (unpaired) electrons. The molecule has 1 unspecified atom stereocenters. The van der Waals surface area contributed by atoms with Crippen molar-refractivity contribution in [2.24, 2.45) is 0 Å². The largest absolute Gasteiger partial charge is 0.479 e. The van der Waals surface area contributed by atoms with Gasteiger partial charge in [-0.25, -0.2) is 9.18 Å². The molecule has 0 amide bonds. The molecule has 0 aromatic heterocycles. The van der Waals surface area contributed by atoms with Crippen LogP contribution in [0.5, 0.6) is 5.75 Å². The summed E-state index contributed by atoms with van der Waals surface area (Å²) in [7, 11) is 0. The van der Waals surface area contributed by atoms with E-state index in [4.69, 9.17) is 9.84 Å². The average molecular weight is 381 g/mol. The molecule has 0 saturated carbocycles. The summed E-state index contributed by atoms with van der Waals surface area (Å²) in [5, 5.41) is 14.6. The van der Waals surface area contributed by atoms with E-state index in [0.717, 1.165) is 24.9 Å². The zero-order chi connectivity index (χ0) is 19.9. The van der Waals surface area contributed by atoms with Crippen molar-refractivity contribution in [2.75, 3.05) is 13.2 Å². The van der Waals surface area contributed by atoms with Crippen molar-refractivity contribution in [3.8, 4) is 5.75 Å². The molecule has 0 aliphatic rings. The standard InChI is InChI=1S/C23H24FNO3/c1-16(19-10-4-8-18-7-2-3-9-20(18)19)25-13-5-6-17-11-12-22(21(24)14-17)28-15-23(26)27/h2-4,7-12,14,16,25H,5-6,13,15H2,1H3,(H,26,27). The Bertz CT molecular complexity index is 952. The van der Waals surface area contributed by atoms with Gasteiger partial charge in [0.2, 0.25) is 0 Å². The molecule has 28 heavy (non-hydrogen) atoms. The van der Waals surface area contributed by atoms with Crippen LogP contribution in [0.1, 0.15) is 30.5 Å². The van der Waals surface area contributed by atoms with Crippen LogP contribution in [0.4, 0.5) is 4.39 Å². The van der Waals surface area contributed by atoms with Crippen LogP contribution in [0.2, 0.25) is 0 Å². The highest BCUT2D eigenvalue weighted by molar-refractivity contribution is 5.86. The second-order valence-electron chi connectivity index (χ2n) is 6.79. The van der Waals surface area contributed by atoms with E-state index >= 15 is 0 Å². The monoisotopic (exact) mass is 381 g/mol. The van der Waals surface area contributed by atoms with Crippen LogP contribution >= 0.6 is 0 Å². The smallest absolute Gasteiger partial charge is 0.341 e. The van der Waals surface area contributed by atoms with E-state index in [1.165, 1.54) is 28.5 Å². The summed E-state index contributed by atoms with van der Waals surface area (Å²) >= 11 is 0. The molecule has 3 aromatic carbocycles. The van der Waals surface area contributed by atoms with Crippen molar-refractivity contribution >= 4 is 16.7 Å². The summed E-state index contributed by atoms with van der Waals surface area (Å²) in [6.45, 7) is 2.41. The fraction of sp³-hybridized carbons (Fsp3) is 0.261. The molecular weight excluding hydrogens is 357 g/mol. The second kappa shape index (κ2) is 9.33. The third-order valence-corrected chi connectivity index (χ3v) is 4.73. The first-order chi connectivity index (χ1) is 13.5. The Morgan fingerprint density at radius 3 is 2.71 bits per heavy atom. The summed E-state index contributed by atoms with van der Waals surface area (Å²) in [6.07, 6.45) is 1.59. The Morgan fingerprint density at radius 2 is 1.93 bits per heavy atom. The molecular formula is C23H24FNO3. The second-order valence-corrected chi connectivity index (χ2v) is 6.79. The predicted octanol–water partition coefficient (Wildman–Crippen LogP) is 4.73. The number of benzene rings is 3. The maximum absolute atomic E-state index is 14.0. The van der Waals surface area contributed by atoms with E-state index in [1.807, 2.05) is 6.07 Å². The fourth-order valence-electron chi connectivity index (χ4n) is 3.31. The number of ether oxygens (including phenoxy) is 1. The first-order valence-corrected chi connectivity index (χ1v) is 9.38. The molecule has 0 spiro atoms. The molecule has 0 bridgehead atoms. The van der Waals surface area contributed by atoms with Gasteiger partial charge in [0.25, 0.3) is 0 Å². The molecule has 0 aliphatic heterocycles. The average Bonchev–Trinajstić information content (AvgIpc) is 2.69. The van der Waals surface area contributed by atoms with Crippen LogP contribution < -0.4 is 10.1 Å². The molecule has 0 fully saturated rings. The van der Waals surface area contributed by atoms with Crippen LogP contribution in [-0.4, -0.2) is 24.2 Å². The lowest BCUT2D eigenvalue weighted by Gasteiger charge is -2.16. The number of carboxylic acid groups (broad SMARTS) is 1. The van der Waals surface area contributed by atoms with Gasteiger partial charge >= 0.3 is 5.97 Å². The van der Waals surface area contributed by atoms with Crippen molar-refractivity contribution < 1.29 is 19.0 Å². The number of hydrogen-bond acceptors (Lipinski definition) is 3. The van der Waals surface area contributed by atoms with E-state index in [0.29, 0.717) is 0 Å². The topological polar surface area (TPSA) is 58.6 Å². The third-order valence-electron chi connectivity index (χ3n) is 4.73. The number of fused-ring (bicyclic) bond motifs is 1. The number of halogens is 1. The SMILES string of the molecule is CC(NCCCc1ccc(OCC(=O)O)c(F)c1)c1cccc2ccccc12. The lowest BCUT2D eigenvalue weighted by Crippen LogP contribution is -2.20. The van der Waals surface area contributed by atoms with Crippen molar-refractivity contribution in [3.63, 3.8) is 0 Å². The molecule has 3 rings (SSSR count). The van der Waals surface area contributed by atoms with Gasteiger partial charge in [0.15, 0.2) is 18.2 Å². The number of nitrogens with one attached hydrogen (secondary N) is 1. The molecule has 1 atom stereocenters. The normalized spacial score (nSPS) is 12.1. The summed E-state index contributed by atoms with van der Waals surface area (Å²) in [5.74, 6) is -1.69. The molecule has 0 aliphatic carbocycles. The lowest BCUT2D eigenvalue weighted by atomic mass is 9.99. The molecule has 0 saturated heterocycles. The minimum absolute atomic E-state index is 0.0335. The van der Waals surface area contributed by atoms with Gasteiger partial charge in [-0.3, -0.25) is 0 Å². The van der Waals surface area contributed by atoms with Gasteiger partial charge in [-0.05, 0) is 60.3 Å². The fourth-order valence-corrected chi connectivity index (χ4v) is 3.31. The number of carbonyl (C=O) groups is 1. The summed E-state index contributed by atoms with van der Waals surface area (Å²) in [6, 6.07) is 19.6. The van der Waals surface area contributed by atoms with Crippen LogP contribution in [0.25, 0.3) is 10.8 Å². The number of aryl methyl sites for hydroxylation is 1. The summed E-state index contributed by atoms with van der Waals surface area (Å²) in [4.78, 5) is 10.5. The number of carboxylic acids is 1. The number of aliphatic carboxylic acids is 1. The van der Waals surface area contributed by atoms with Crippen molar-refractivity contribution in [1.82, 2.24) is 5.32 Å². The van der Waals surface area contributed by atoms with Gasteiger partial charge in [-0.1, -0.05) is 48.5 Å². The van der Waals surface area contributed by atoms with Gasteiger partial charge in [0, 0.05) is 6.04 Å². The highest BCUT2D eigenvalue weighted by atomic mass is 19.1. The van der Waals surface area contributed by atoms with Crippen molar-refractivity contribution in [3.05, 3.63) is 77.6 Å². The van der Waals surface area contributed by atoms with Crippen LogP contribution in [0.15, 0.2) is 60.7 Å². The summed E-state index contributed by atoms with van der Waals surface area (Å²) in [5.41, 5.74) is 2.13. The Balaban J connectivity index is 1.51. The molecule has 0 heterocycles. The van der Waals surface area contributed by atoms with Crippen LogP contribution in [0.3, 0.4) is 0 Å². The van der Waals surface area contributed by atoms with E-state index in [9.17, 15) is 9.18 Å². The Labute approximate surface area is 164 Å². The number of hydrogen-bond donors (Lipinski definition) is 2.